The van der Waals surface area contributed by atoms with Crippen molar-refractivity contribution in [2.45, 2.75) is 20.8 Å². The molecule has 2 aromatic carbocycles. The number of aryl methyl sites for hydroxylation is 3. The predicted octanol–water partition coefficient (Wildman–Crippen LogP) is 7.87. The summed E-state index contributed by atoms with van der Waals surface area (Å²) in [5.74, 6) is 0. The highest BCUT2D eigenvalue weighted by molar-refractivity contribution is 7.24. The molecule has 130 valence electrons. The van der Waals surface area contributed by atoms with Gasteiger partial charge in [0.15, 0.2) is 0 Å². The Labute approximate surface area is 163 Å². The van der Waals surface area contributed by atoms with Crippen LogP contribution >= 0.6 is 22.7 Å². The number of benzene rings is 2. The van der Waals surface area contributed by atoms with Gasteiger partial charge < -0.3 is 4.90 Å². The molecule has 0 saturated heterocycles. The first-order valence-corrected chi connectivity index (χ1v) is 10.3. The Morgan fingerprint density at radius 1 is 0.615 bits per heavy atom. The van der Waals surface area contributed by atoms with Crippen LogP contribution in [0.5, 0.6) is 0 Å². The summed E-state index contributed by atoms with van der Waals surface area (Å²) in [5, 5.41) is 1.24. The molecule has 26 heavy (non-hydrogen) atoms. The third-order valence-electron chi connectivity index (χ3n) is 4.32. The number of rotatable bonds is 4. The number of anilines is 3. The van der Waals surface area contributed by atoms with Gasteiger partial charge in [0.25, 0.3) is 0 Å². The number of thiophene rings is 2. The Balaban J connectivity index is 1.82. The molecule has 1 nitrogen and oxygen atoms in total. The van der Waals surface area contributed by atoms with Gasteiger partial charge in [0, 0.05) is 26.0 Å². The maximum atomic E-state index is 2.36. The molecule has 0 bridgehead atoms. The van der Waals surface area contributed by atoms with Crippen molar-refractivity contribution >= 4 is 39.0 Å². The Morgan fingerprint density at radius 2 is 1.19 bits per heavy atom. The monoisotopic (exact) mass is 375 g/mol. The van der Waals surface area contributed by atoms with Crippen LogP contribution in [0.2, 0.25) is 0 Å². The molecule has 0 aliphatic carbocycles. The molecule has 3 heteroatoms. The van der Waals surface area contributed by atoms with Crippen LogP contribution < -0.4 is 4.90 Å². The third kappa shape index (κ3) is 3.46. The average molecular weight is 376 g/mol. The van der Waals surface area contributed by atoms with E-state index in [-0.39, 0.29) is 0 Å². The number of nitrogens with zero attached hydrogens (tertiary/aromatic N) is 1. The van der Waals surface area contributed by atoms with E-state index >= 15 is 0 Å². The maximum absolute atomic E-state index is 2.36. The van der Waals surface area contributed by atoms with Crippen LogP contribution in [0.25, 0.3) is 9.75 Å². The van der Waals surface area contributed by atoms with Gasteiger partial charge in [0.2, 0.25) is 0 Å². The van der Waals surface area contributed by atoms with E-state index in [9.17, 15) is 0 Å². The lowest BCUT2D eigenvalue weighted by molar-refractivity contribution is 1.29. The van der Waals surface area contributed by atoms with Crippen LogP contribution in [0, 0.1) is 20.8 Å². The molecule has 0 unspecified atom stereocenters. The fraction of sp³-hybridized carbons (Fsp3) is 0.130. The van der Waals surface area contributed by atoms with Crippen molar-refractivity contribution in [3.63, 3.8) is 0 Å². The molecule has 0 radical (unpaired) electrons. The van der Waals surface area contributed by atoms with E-state index in [1.165, 1.54) is 42.1 Å². The zero-order valence-electron chi connectivity index (χ0n) is 15.2. The molecule has 2 heterocycles. The van der Waals surface area contributed by atoms with Gasteiger partial charge in [-0.05, 0) is 80.4 Å². The fourth-order valence-corrected chi connectivity index (χ4v) is 5.09. The molecule has 0 N–H and O–H groups in total. The predicted molar refractivity (Wildman–Crippen MR) is 117 cm³/mol. The van der Waals surface area contributed by atoms with Gasteiger partial charge in [-0.25, -0.2) is 0 Å². The normalized spacial score (nSPS) is 10.9. The molecule has 0 amide bonds. The Kier molecular flexibility index (Phi) is 4.66. The van der Waals surface area contributed by atoms with Gasteiger partial charge in [-0.15, -0.1) is 22.7 Å². The topological polar surface area (TPSA) is 3.24 Å². The summed E-state index contributed by atoms with van der Waals surface area (Å²) in [6.07, 6.45) is 0. The van der Waals surface area contributed by atoms with E-state index in [0.29, 0.717) is 0 Å². The summed E-state index contributed by atoms with van der Waals surface area (Å²) >= 11 is 3.70. The maximum Gasteiger partial charge on any atom is 0.101 e. The Bertz CT molecular complexity index is 996. The van der Waals surface area contributed by atoms with E-state index in [1.807, 2.05) is 22.7 Å². The minimum absolute atomic E-state index is 1.20. The molecule has 0 aliphatic heterocycles. The van der Waals surface area contributed by atoms with Crippen LogP contribution in [0.4, 0.5) is 16.4 Å². The molecule has 0 saturated carbocycles. The smallest absolute Gasteiger partial charge is 0.101 e. The molecule has 4 rings (SSSR count). The average Bonchev–Trinajstić information content (AvgIpc) is 3.25. The largest absolute Gasteiger partial charge is 0.302 e. The molecule has 0 fully saturated rings. The molecule has 0 spiro atoms. The Morgan fingerprint density at radius 3 is 1.73 bits per heavy atom. The highest BCUT2D eigenvalue weighted by atomic mass is 32.1. The van der Waals surface area contributed by atoms with Crippen molar-refractivity contribution < 1.29 is 0 Å². The third-order valence-corrected chi connectivity index (χ3v) is 6.58. The summed E-state index contributed by atoms with van der Waals surface area (Å²) in [6.45, 7) is 6.45. The van der Waals surface area contributed by atoms with Crippen LogP contribution in [0.15, 0.2) is 72.8 Å². The zero-order chi connectivity index (χ0) is 18.1. The van der Waals surface area contributed by atoms with Gasteiger partial charge >= 0.3 is 0 Å². The number of hydrogen-bond donors (Lipinski definition) is 0. The van der Waals surface area contributed by atoms with Crippen molar-refractivity contribution in [2.75, 3.05) is 4.90 Å². The molecular formula is C23H21NS2. The fourth-order valence-electron chi connectivity index (χ4n) is 3.08. The molecule has 2 aromatic heterocycles. The molecule has 4 aromatic rings. The zero-order valence-corrected chi connectivity index (χ0v) is 16.8. The van der Waals surface area contributed by atoms with E-state index in [0.717, 1.165) is 0 Å². The van der Waals surface area contributed by atoms with E-state index in [2.05, 4.69) is 98.5 Å². The van der Waals surface area contributed by atoms with Crippen LogP contribution in [-0.4, -0.2) is 0 Å². The second-order valence-electron chi connectivity index (χ2n) is 6.56. The standard InChI is InChI=1S/C23H21NS2/c1-16-6-4-8-19(14-16)24(20-9-5-7-17(2)15-20)23-13-12-22(26-23)21-11-10-18(3)25-21/h4-15H,1-3H3. The lowest BCUT2D eigenvalue weighted by Crippen LogP contribution is -2.08. The molecular weight excluding hydrogens is 354 g/mol. The molecule has 0 aliphatic rings. The summed E-state index contributed by atoms with van der Waals surface area (Å²) in [4.78, 5) is 6.37. The second kappa shape index (κ2) is 7.10. The van der Waals surface area contributed by atoms with Crippen LogP contribution in [0.1, 0.15) is 16.0 Å². The van der Waals surface area contributed by atoms with Gasteiger partial charge in [-0.2, -0.15) is 0 Å². The summed E-state index contributed by atoms with van der Waals surface area (Å²) in [7, 11) is 0. The summed E-state index contributed by atoms with van der Waals surface area (Å²) in [6, 6.07) is 26.3. The Hall–Kier alpha value is -2.36. The summed E-state index contributed by atoms with van der Waals surface area (Å²) in [5.41, 5.74) is 4.94. The quantitative estimate of drug-likeness (QED) is 0.351. The van der Waals surface area contributed by atoms with E-state index in [4.69, 9.17) is 0 Å². The minimum atomic E-state index is 1.20. The second-order valence-corrected chi connectivity index (χ2v) is 8.91. The lowest BCUT2D eigenvalue weighted by Gasteiger charge is -2.24. The number of hydrogen-bond acceptors (Lipinski definition) is 3. The lowest BCUT2D eigenvalue weighted by atomic mass is 10.1. The van der Waals surface area contributed by atoms with E-state index in [1.54, 1.807) is 0 Å². The van der Waals surface area contributed by atoms with Crippen molar-refractivity contribution in [3.05, 3.63) is 88.8 Å². The SMILES string of the molecule is Cc1cccc(N(c2cccc(C)c2)c2ccc(-c3ccc(C)s3)s2)c1. The molecule has 0 atom stereocenters. The van der Waals surface area contributed by atoms with Crippen LogP contribution in [0.3, 0.4) is 0 Å². The summed E-state index contributed by atoms with van der Waals surface area (Å²) < 4.78 is 0. The van der Waals surface area contributed by atoms with Crippen molar-refractivity contribution in [1.29, 1.82) is 0 Å². The minimum Gasteiger partial charge on any atom is -0.302 e. The first-order valence-electron chi connectivity index (χ1n) is 8.70. The van der Waals surface area contributed by atoms with Crippen molar-refractivity contribution in [3.8, 4) is 9.75 Å². The first kappa shape index (κ1) is 17.1. The highest BCUT2D eigenvalue weighted by Gasteiger charge is 2.16. The van der Waals surface area contributed by atoms with Crippen molar-refractivity contribution in [2.24, 2.45) is 0 Å². The van der Waals surface area contributed by atoms with E-state index < -0.39 is 0 Å². The highest BCUT2D eigenvalue weighted by Crippen LogP contribution is 2.43. The van der Waals surface area contributed by atoms with Gasteiger partial charge in [-0.3, -0.25) is 0 Å². The van der Waals surface area contributed by atoms with Gasteiger partial charge in [-0.1, -0.05) is 24.3 Å². The first-order chi connectivity index (χ1) is 12.6. The van der Waals surface area contributed by atoms with Crippen molar-refractivity contribution in [1.82, 2.24) is 0 Å². The van der Waals surface area contributed by atoms with Gasteiger partial charge in [0.05, 0.1) is 0 Å². The van der Waals surface area contributed by atoms with Crippen LogP contribution in [-0.2, 0) is 0 Å². The van der Waals surface area contributed by atoms with Gasteiger partial charge in [0.1, 0.15) is 5.00 Å².